The third-order valence-electron chi connectivity index (χ3n) is 3.18. The molecule has 0 saturated heterocycles. The molecule has 0 aromatic rings. The fourth-order valence-corrected chi connectivity index (χ4v) is 1.96. The largest absolute Gasteiger partial charge is 0.0654 e. The minimum absolute atomic E-state index is 1.03. The summed E-state index contributed by atoms with van der Waals surface area (Å²) in [4.78, 5) is 0. The Morgan fingerprint density at radius 2 is 1.43 bits per heavy atom. The third-order valence-corrected chi connectivity index (χ3v) is 3.18. The van der Waals surface area contributed by atoms with Gasteiger partial charge in [0, 0.05) is 0 Å². The van der Waals surface area contributed by atoms with Crippen molar-refractivity contribution in [2.24, 2.45) is 5.92 Å². The Kier molecular flexibility index (Phi) is 7.17. The highest BCUT2D eigenvalue weighted by molar-refractivity contribution is 4.86. The van der Waals surface area contributed by atoms with Gasteiger partial charge in [-0.25, -0.2) is 0 Å². The van der Waals surface area contributed by atoms with Crippen LogP contribution in [0, 0.1) is 12.3 Å². The molecule has 0 bridgehead atoms. The molecule has 0 heteroatoms. The van der Waals surface area contributed by atoms with Gasteiger partial charge < -0.3 is 0 Å². The molecule has 0 atom stereocenters. The highest BCUT2D eigenvalue weighted by atomic mass is 14.3. The van der Waals surface area contributed by atoms with E-state index in [9.17, 15) is 0 Å². The van der Waals surface area contributed by atoms with Gasteiger partial charge in [-0.3, -0.25) is 0 Å². The number of unbranched alkanes of at least 4 members (excludes halogenated alkanes) is 8. The van der Waals surface area contributed by atoms with E-state index in [-0.39, 0.29) is 0 Å². The summed E-state index contributed by atoms with van der Waals surface area (Å²) in [6, 6.07) is 0. The van der Waals surface area contributed by atoms with Gasteiger partial charge in [0.1, 0.15) is 0 Å². The van der Waals surface area contributed by atoms with Gasteiger partial charge in [0.2, 0.25) is 0 Å². The first-order valence-electron chi connectivity index (χ1n) is 6.77. The lowest BCUT2D eigenvalue weighted by atomic mass is 10.1. The lowest BCUT2D eigenvalue weighted by molar-refractivity contribution is 0.571. The summed E-state index contributed by atoms with van der Waals surface area (Å²) in [5, 5.41) is 0. The zero-order valence-corrected chi connectivity index (χ0v) is 9.93. The minimum atomic E-state index is 1.03. The lowest BCUT2D eigenvalue weighted by Crippen LogP contribution is -1.83. The van der Waals surface area contributed by atoms with Gasteiger partial charge in [-0.15, -0.1) is 0 Å². The van der Waals surface area contributed by atoms with Crippen LogP contribution in [0.3, 0.4) is 0 Å². The van der Waals surface area contributed by atoms with Gasteiger partial charge in [0.15, 0.2) is 0 Å². The predicted molar refractivity (Wildman–Crippen MR) is 64.3 cm³/mol. The molecule has 0 N–H and O–H groups in total. The molecule has 1 rings (SSSR count). The summed E-state index contributed by atoms with van der Waals surface area (Å²) in [7, 11) is 0. The quantitative estimate of drug-likeness (QED) is 0.424. The Balaban J connectivity index is 1.63. The number of rotatable bonds is 10. The molecule has 0 spiro atoms. The van der Waals surface area contributed by atoms with Crippen molar-refractivity contribution in [1.29, 1.82) is 0 Å². The fraction of sp³-hybridized carbons (Fsp3) is 0.929. The molecule has 0 nitrogen and oxygen atoms in total. The van der Waals surface area contributed by atoms with E-state index in [4.69, 9.17) is 0 Å². The normalized spacial score (nSPS) is 16.1. The van der Waals surface area contributed by atoms with Crippen LogP contribution in [0.4, 0.5) is 0 Å². The maximum Gasteiger partial charge on any atom is -0.0355 e. The smallest absolute Gasteiger partial charge is 0.0355 e. The van der Waals surface area contributed by atoms with Gasteiger partial charge >= 0.3 is 0 Å². The number of hydrogen-bond donors (Lipinski definition) is 0. The Morgan fingerprint density at radius 3 is 2.00 bits per heavy atom. The topological polar surface area (TPSA) is 0 Å². The van der Waals surface area contributed by atoms with Gasteiger partial charge in [0.05, 0.1) is 0 Å². The minimum Gasteiger partial charge on any atom is -0.0654 e. The van der Waals surface area contributed by atoms with Gasteiger partial charge in [-0.1, -0.05) is 58.3 Å². The molecular weight excluding hydrogens is 168 g/mol. The average Bonchev–Trinajstić information content (AvgIpc) is 2.99. The third kappa shape index (κ3) is 7.41. The van der Waals surface area contributed by atoms with E-state index >= 15 is 0 Å². The maximum atomic E-state index is 2.55. The molecular formula is C14H27. The first kappa shape index (κ1) is 12.1. The molecule has 0 aromatic carbocycles. The molecule has 1 fully saturated rings. The zero-order valence-electron chi connectivity index (χ0n) is 9.93. The van der Waals surface area contributed by atoms with E-state index in [1.54, 1.807) is 0 Å². The molecule has 1 radical (unpaired) electrons. The summed E-state index contributed by atoms with van der Waals surface area (Å²) in [6.07, 6.45) is 18.5. The van der Waals surface area contributed by atoms with Crippen LogP contribution in [0.1, 0.15) is 77.6 Å². The first-order chi connectivity index (χ1) is 6.93. The molecule has 14 heavy (non-hydrogen) atoms. The van der Waals surface area contributed by atoms with E-state index < -0.39 is 0 Å². The van der Waals surface area contributed by atoms with E-state index in [2.05, 4.69) is 13.3 Å². The van der Waals surface area contributed by atoms with Crippen molar-refractivity contribution in [2.45, 2.75) is 77.6 Å². The molecule has 0 unspecified atom stereocenters. The second kappa shape index (κ2) is 8.32. The van der Waals surface area contributed by atoms with Crippen molar-refractivity contribution in [3.63, 3.8) is 0 Å². The molecule has 1 aliphatic carbocycles. The highest BCUT2D eigenvalue weighted by Crippen LogP contribution is 2.33. The zero-order chi connectivity index (χ0) is 10.1. The van der Waals surface area contributed by atoms with Crippen molar-refractivity contribution in [3.05, 3.63) is 6.42 Å². The molecule has 0 heterocycles. The van der Waals surface area contributed by atoms with E-state index in [1.165, 1.54) is 70.6 Å². The second-order valence-corrected chi connectivity index (χ2v) is 4.84. The number of hydrogen-bond acceptors (Lipinski definition) is 0. The van der Waals surface area contributed by atoms with Crippen LogP contribution in [0.5, 0.6) is 0 Å². The monoisotopic (exact) mass is 195 g/mol. The summed E-state index contributed by atoms with van der Waals surface area (Å²) >= 11 is 0. The summed E-state index contributed by atoms with van der Waals surface area (Å²) < 4.78 is 0. The summed E-state index contributed by atoms with van der Waals surface area (Å²) in [5.74, 6) is 1.03. The molecule has 0 aliphatic heterocycles. The molecule has 0 aromatic heterocycles. The Morgan fingerprint density at radius 1 is 0.857 bits per heavy atom. The molecule has 0 amide bonds. The van der Waals surface area contributed by atoms with Gasteiger partial charge in [-0.05, 0) is 31.6 Å². The average molecular weight is 195 g/mol. The van der Waals surface area contributed by atoms with E-state index in [0.29, 0.717) is 0 Å². The standard InChI is InChI=1S/C14H27/c1-2-3-4-5-6-7-8-9-10-11-14-12-13-14/h11,14H,2-10,12-13H2,1H3. The van der Waals surface area contributed by atoms with Crippen molar-refractivity contribution in [3.8, 4) is 0 Å². The van der Waals surface area contributed by atoms with Crippen molar-refractivity contribution in [2.75, 3.05) is 0 Å². The van der Waals surface area contributed by atoms with Gasteiger partial charge in [-0.2, -0.15) is 0 Å². The van der Waals surface area contributed by atoms with Crippen LogP contribution >= 0.6 is 0 Å². The van der Waals surface area contributed by atoms with Crippen LogP contribution in [0.2, 0.25) is 0 Å². The first-order valence-corrected chi connectivity index (χ1v) is 6.77. The summed E-state index contributed by atoms with van der Waals surface area (Å²) in [6.45, 7) is 2.29. The Bertz CT molecular complexity index is 113. The maximum absolute atomic E-state index is 2.55. The van der Waals surface area contributed by atoms with E-state index in [1.807, 2.05) is 0 Å². The second-order valence-electron chi connectivity index (χ2n) is 4.84. The van der Waals surface area contributed by atoms with Crippen molar-refractivity contribution in [1.82, 2.24) is 0 Å². The molecule has 1 aliphatic rings. The van der Waals surface area contributed by atoms with Crippen LogP contribution in [0.15, 0.2) is 0 Å². The molecule has 83 valence electrons. The van der Waals surface area contributed by atoms with Crippen LogP contribution < -0.4 is 0 Å². The van der Waals surface area contributed by atoms with E-state index in [0.717, 1.165) is 5.92 Å². The van der Waals surface area contributed by atoms with Crippen molar-refractivity contribution >= 4 is 0 Å². The fourth-order valence-electron chi connectivity index (χ4n) is 1.96. The van der Waals surface area contributed by atoms with Crippen LogP contribution in [-0.4, -0.2) is 0 Å². The van der Waals surface area contributed by atoms with Crippen LogP contribution in [0.25, 0.3) is 0 Å². The van der Waals surface area contributed by atoms with Crippen LogP contribution in [-0.2, 0) is 0 Å². The van der Waals surface area contributed by atoms with Crippen molar-refractivity contribution < 1.29 is 0 Å². The predicted octanol–water partition coefficient (Wildman–Crippen LogP) is 5.13. The lowest BCUT2D eigenvalue weighted by Gasteiger charge is -2.01. The highest BCUT2D eigenvalue weighted by Gasteiger charge is 2.19. The SMILES string of the molecule is CCCCCCCCCC[CH]C1CC1. The Labute approximate surface area is 90.5 Å². The summed E-state index contributed by atoms with van der Waals surface area (Å²) in [5.41, 5.74) is 0. The van der Waals surface area contributed by atoms with Gasteiger partial charge in [0.25, 0.3) is 0 Å². The Hall–Kier alpha value is 0. The molecule has 1 saturated carbocycles.